The molecular formula is C11H10BrF3N2O2. The van der Waals surface area contributed by atoms with Crippen LogP contribution in [-0.4, -0.2) is 34.8 Å². The predicted octanol–water partition coefficient (Wildman–Crippen LogP) is 3.07. The number of aromatic carboxylic acids is 1. The Labute approximate surface area is 115 Å². The van der Waals surface area contributed by atoms with Gasteiger partial charge in [-0.15, -0.1) is 0 Å². The summed E-state index contributed by atoms with van der Waals surface area (Å²) in [5, 5.41) is 9.07. The van der Waals surface area contributed by atoms with Gasteiger partial charge < -0.3 is 10.0 Å². The van der Waals surface area contributed by atoms with Crippen molar-refractivity contribution in [2.24, 2.45) is 0 Å². The number of carboxylic acids is 1. The molecule has 1 heterocycles. The highest BCUT2D eigenvalue weighted by Gasteiger charge is 2.40. The lowest BCUT2D eigenvalue weighted by atomic mass is 10.2. The lowest BCUT2D eigenvalue weighted by molar-refractivity contribution is -0.120. The van der Waals surface area contributed by atoms with E-state index in [1.165, 1.54) is 12.3 Å². The monoisotopic (exact) mass is 338 g/mol. The molecule has 104 valence electrons. The van der Waals surface area contributed by atoms with E-state index in [2.05, 4.69) is 20.9 Å². The van der Waals surface area contributed by atoms with Crippen molar-refractivity contribution >= 4 is 27.7 Å². The predicted molar refractivity (Wildman–Crippen MR) is 65.3 cm³/mol. The van der Waals surface area contributed by atoms with E-state index in [1.54, 1.807) is 0 Å². The fourth-order valence-electron chi connectivity index (χ4n) is 1.77. The minimum absolute atomic E-state index is 0.129. The molecule has 0 atom stereocenters. The number of alkyl halides is 3. The summed E-state index contributed by atoms with van der Waals surface area (Å²) in [6.07, 6.45) is -1.86. The fourth-order valence-corrected chi connectivity index (χ4v) is 2.11. The zero-order valence-electron chi connectivity index (χ0n) is 9.62. The Morgan fingerprint density at radius 1 is 1.53 bits per heavy atom. The van der Waals surface area contributed by atoms with Crippen LogP contribution in [0.3, 0.4) is 0 Å². The van der Waals surface area contributed by atoms with Crippen molar-refractivity contribution in [1.29, 1.82) is 0 Å². The van der Waals surface area contributed by atoms with Crippen molar-refractivity contribution in [3.63, 3.8) is 0 Å². The Balaban J connectivity index is 2.39. The quantitative estimate of drug-likeness (QED) is 0.916. The number of carboxylic acid groups (broad SMARTS) is 1. The topological polar surface area (TPSA) is 53.4 Å². The highest BCUT2D eigenvalue weighted by Crippen LogP contribution is 2.35. The highest BCUT2D eigenvalue weighted by molar-refractivity contribution is 9.10. The number of halogens is 4. The molecule has 0 amide bonds. The maximum Gasteiger partial charge on any atom is 0.405 e. The van der Waals surface area contributed by atoms with Gasteiger partial charge in [-0.25, -0.2) is 9.78 Å². The second-order valence-corrected chi connectivity index (χ2v) is 5.22. The number of rotatable bonds is 4. The first-order valence-electron chi connectivity index (χ1n) is 5.50. The number of aromatic nitrogens is 1. The van der Waals surface area contributed by atoms with E-state index in [4.69, 9.17) is 5.11 Å². The summed E-state index contributed by atoms with van der Waals surface area (Å²) in [6, 6.07) is 0.976. The van der Waals surface area contributed by atoms with E-state index < -0.39 is 18.7 Å². The molecule has 4 nitrogen and oxygen atoms in total. The van der Waals surface area contributed by atoms with Crippen LogP contribution in [0.15, 0.2) is 16.7 Å². The summed E-state index contributed by atoms with van der Waals surface area (Å²) in [7, 11) is 0. The van der Waals surface area contributed by atoms with E-state index in [1.807, 2.05) is 0 Å². The molecule has 1 N–H and O–H groups in total. The Morgan fingerprint density at radius 2 is 2.16 bits per heavy atom. The van der Waals surface area contributed by atoms with Crippen molar-refractivity contribution in [3.8, 4) is 0 Å². The van der Waals surface area contributed by atoms with Gasteiger partial charge in [0.2, 0.25) is 0 Å². The standard InChI is InChI=1S/C11H10BrF3N2O2/c12-6-3-8(10(18)19)9(16-4-6)17(7-1-2-7)5-11(13,14)15/h3-4,7H,1-2,5H2,(H,18,19). The maximum absolute atomic E-state index is 12.6. The van der Waals surface area contributed by atoms with Crippen molar-refractivity contribution < 1.29 is 23.1 Å². The second kappa shape index (κ2) is 4.99. The third-order valence-corrected chi connectivity index (χ3v) is 3.11. The molecule has 1 aliphatic carbocycles. The molecule has 1 aromatic heterocycles. The van der Waals surface area contributed by atoms with Gasteiger partial charge in [0.25, 0.3) is 0 Å². The summed E-state index contributed by atoms with van der Waals surface area (Å²) < 4.78 is 38.1. The van der Waals surface area contributed by atoms with Gasteiger partial charge in [0.15, 0.2) is 0 Å². The zero-order chi connectivity index (χ0) is 14.2. The van der Waals surface area contributed by atoms with E-state index >= 15 is 0 Å². The lowest BCUT2D eigenvalue weighted by Crippen LogP contribution is -2.37. The average molecular weight is 339 g/mol. The van der Waals surface area contributed by atoms with Crippen LogP contribution in [0.2, 0.25) is 0 Å². The van der Waals surface area contributed by atoms with E-state index in [-0.39, 0.29) is 17.4 Å². The normalized spacial score (nSPS) is 15.4. The molecule has 0 aromatic carbocycles. The number of carbonyl (C=O) groups is 1. The number of hydrogen-bond donors (Lipinski definition) is 1. The minimum Gasteiger partial charge on any atom is -0.478 e. The van der Waals surface area contributed by atoms with Gasteiger partial charge in [-0.3, -0.25) is 0 Å². The smallest absolute Gasteiger partial charge is 0.405 e. The molecule has 0 unspecified atom stereocenters. The van der Waals surface area contributed by atoms with E-state index in [0.717, 1.165) is 4.90 Å². The van der Waals surface area contributed by atoms with Gasteiger partial charge in [-0.05, 0) is 34.8 Å². The molecule has 1 aromatic rings. The van der Waals surface area contributed by atoms with Crippen molar-refractivity contribution in [2.45, 2.75) is 25.1 Å². The number of anilines is 1. The molecule has 0 spiro atoms. The molecule has 0 bridgehead atoms. The SMILES string of the molecule is O=C(O)c1cc(Br)cnc1N(CC(F)(F)F)C1CC1. The van der Waals surface area contributed by atoms with Crippen LogP contribution >= 0.6 is 15.9 Å². The largest absolute Gasteiger partial charge is 0.478 e. The first kappa shape index (κ1) is 14.1. The summed E-state index contributed by atoms with van der Waals surface area (Å²) >= 11 is 3.06. The second-order valence-electron chi connectivity index (χ2n) is 4.30. The molecule has 1 saturated carbocycles. The minimum atomic E-state index is -4.40. The van der Waals surface area contributed by atoms with Gasteiger partial charge in [0, 0.05) is 16.7 Å². The van der Waals surface area contributed by atoms with Crippen LogP contribution in [0, 0.1) is 0 Å². The molecule has 8 heteroatoms. The molecule has 0 aliphatic heterocycles. The van der Waals surface area contributed by atoms with Crippen LogP contribution in [-0.2, 0) is 0 Å². The summed E-state index contributed by atoms with van der Waals surface area (Å²) in [6.45, 7) is -1.19. The summed E-state index contributed by atoms with van der Waals surface area (Å²) in [4.78, 5) is 16.0. The van der Waals surface area contributed by atoms with Crippen LogP contribution in [0.25, 0.3) is 0 Å². The highest BCUT2D eigenvalue weighted by atomic mass is 79.9. The first-order valence-corrected chi connectivity index (χ1v) is 6.29. The molecule has 0 saturated heterocycles. The van der Waals surface area contributed by atoms with E-state index in [0.29, 0.717) is 17.3 Å². The maximum atomic E-state index is 12.6. The van der Waals surface area contributed by atoms with Crippen LogP contribution < -0.4 is 4.90 Å². The third kappa shape index (κ3) is 3.59. The number of pyridine rings is 1. The van der Waals surface area contributed by atoms with Crippen molar-refractivity contribution in [1.82, 2.24) is 4.98 Å². The molecular weight excluding hydrogens is 329 g/mol. The fraction of sp³-hybridized carbons (Fsp3) is 0.455. The van der Waals surface area contributed by atoms with E-state index in [9.17, 15) is 18.0 Å². The van der Waals surface area contributed by atoms with Gasteiger partial charge in [0.05, 0.1) is 0 Å². The van der Waals surface area contributed by atoms with Crippen molar-refractivity contribution in [3.05, 3.63) is 22.3 Å². The van der Waals surface area contributed by atoms with Crippen molar-refractivity contribution in [2.75, 3.05) is 11.4 Å². The lowest BCUT2D eigenvalue weighted by Gasteiger charge is -2.26. The molecule has 19 heavy (non-hydrogen) atoms. The van der Waals surface area contributed by atoms with Gasteiger partial charge in [0.1, 0.15) is 17.9 Å². The number of hydrogen-bond acceptors (Lipinski definition) is 3. The van der Waals surface area contributed by atoms with Gasteiger partial charge in [-0.2, -0.15) is 13.2 Å². The zero-order valence-corrected chi connectivity index (χ0v) is 11.2. The number of nitrogens with zero attached hydrogens (tertiary/aromatic N) is 2. The average Bonchev–Trinajstić information content (AvgIpc) is 3.08. The molecule has 1 fully saturated rings. The van der Waals surface area contributed by atoms with Crippen LogP contribution in [0.1, 0.15) is 23.2 Å². The Hall–Kier alpha value is -1.31. The van der Waals surface area contributed by atoms with Crippen LogP contribution in [0.5, 0.6) is 0 Å². The summed E-state index contributed by atoms with van der Waals surface area (Å²) in [5.74, 6) is -1.42. The first-order chi connectivity index (χ1) is 8.78. The van der Waals surface area contributed by atoms with Crippen LogP contribution in [0.4, 0.5) is 19.0 Å². The third-order valence-electron chi connectivity index (χ3n) is 2.67. The van der Waals surface area contributed by atoms with Gasteiger partial charge >= 0.3 is 12.1 Å². The Morgan fingerprint density at radius 3 is 2.63 bits per heavy atom. The molecule has 1 aliphatic rings. The van der Waals surface area contributed by atoms with Gasteiger partial charge in [-0.1, -0.05) is 0 Å². The Kier molecular flexibility index (Phi) is 3.71. The molecule has 0 radical (unpaired) electrons. The molecule has 2 rings (SSSR count). The summed E-state index contributed by atoms with van der Waals surface area (Å²) in [5.41, 5.74) is -0.231. The Bertz CT molecular complexity index is 503.